The number of carbonyl (C=O) groups excluding carboxylic acids is 1. The van der Waals surface area contributed by atoms with Crippen LogP contribution in [0.25, 0.3) is 0 Å². The van der Waals surface area contributed by atoms with Gasteiger partial charge in [0, 0.05) is 24.2 Å². The van der Waals surface area contributed by atoms with E-state index in [1.165, 1.54) is 11.3 Å². The fraction of sp³-hybridized carbons (Fsp3) is 0.238. The van der Waals surface area contributed by atoms with Crippen LogP contribution in [-0.4, -0.2) is 32.2 Å². The first-order chi connectivity index (χ1) is 13.6. The van der Waals surface area contributed by atoms with Crippen molar-refractivity contribution < 1.29 is 19.0 Å². The van der Waals surface area contributed by atoms with Gasteiger partial charge in [-0.1, -0.05) is 18.2 Å². The van der Waals surface area contributed by atoms with E-state index in [1.54, 1.807) is 38.3 Å². The molecule has 0 atom stereocenters. The second-order valence-electron chi connectivity index (χ2n) is 6.00. The molecule has 28 heavy (non-hydrogen) atoms. The van der Waals surface area contributed by atoms with E-state index in [1.807, 2.05) is 41.8 Å². The zero-order valence-electron chi connectivity index (χ0n) is 16.0. The van der Waals surface area contributed by atoms with E-state index in [9.17, 15) is 4.79 Å². The lowest BCUT2D eigenvalue weighted by Crippen LogP contribution is -2.28. The van der Waals surface area contributed by atoms with Crippen molar-refractivity contribution in [3.05, 3.63) is 64.6 Å². The highest BCUT2D eigenvalue weighted by Crippen LogP contribution is 2.31. The third kappa shape index (κ3) is 4.80. The molecule has 0 aliphatic heterocycles. The molecule has 0 saturated heterocycles. The summed E-state index contributed by atoms with van der Waals surface area (Å²) < 4.78 is 16.2. The second-order valence-corrected chi connectivity index (χ2v) is 6.95. The van der Waals surface area contributed by atoms with Gasteiger partial charge in [-0.3, -0.25) is 4.79 Å². The Hall–Kier alpha value is -3.06. The standard InChI is InChI=1S/C21H22N2O4S/c1-23(16-9-10-18(25-2)19(12-16)26-3)21(24)11-15-14-28-20(22-15)13-27-17-7-5-4-6-8-17/h4-10,12,14H,11,13H2,1-3H3. The number of carbonyl (C=O) groups is 1. The summed E-state index contributed by atoms with van der Waals surface area (Å²) in [6.07, 6.45) is 0.215. The largest absolute Gasteiger partial charge is 0.493 e. The summed E-state index contributed by atoms with van der Waals surface area (Å²) in [5.74, 6) is 1.93. The summed E-state index contributed by atoms with van der Waals surface area (Å²) in [6.45, 7) is 0.383. The molecule has 0 aliphatic rings. The number of anilines is 1. The second kappa shape index (κ2) is 9.23. The number of methoxy groups -OCH3 is 2. The number of aromatic nitrogens is 1. The lowest BCUT2D eigenvalue weighted by molar-refractivity contribution is -0.117. The van der Waals surface area contributed by atoms with Crippen molar-refractivity contribution in [2.75, 3.05) is 26.2 Å². The predicted molar refractivity (Wildman–Crippen MR) is 110 cm³/mol. The van der Waals surface area contributed by atoms with Crippen LogP contribution in [0.2, 0.25) is 0 Å². The van der Waals surface area contributed by atoms with Crippen molar-refractivity contribution in [3.63, 3.8) is 0 Å². The van der Waals surface area contributed by atoms with Crippen LogP contribution in [0.4, 0.5) is 5.69 Å². The molecular formula is C21H22N2O4S. The van der Waals surface area contributed by atoms with E-state index < -0.39 is 0 Å². The molecule has 2 aromatic carbocycles. The Bertz CT molecular complexity index is 927. The van der Waals surface area contributed by atoms with Gasteiger partial charge in [0.1, 0.15) is 17.4 Å². The monoisotopic (exact) mass is 398 g/mol. The van der Waals surface area contributed by atoms with Crippen LogP contribution in [0, 0.1) is 0 Å². The van der Waals surface area contributed by atoms with Crippen LogP contribution < -0.4 is 19.1 Å². The molecule has 0 spiro atoms. The van der Waals surface area contributed by atoms with Gasteiger partial charge >= 0.3 is 0 Å². The van der Waals surface area contributed by atoms with Gasteiger partial charge in [0.15, 0.2) is 11.5 Å². The van der Waals surface area contributed by atoms with E-state index in [0.29, 0.717) is 18.1 Å². The average Bonchev–Trinajstić information content (AvgIpc) is 3.19. The zero-order valence-corrected chi connectivity index (χ0v) is 16.9. The third-order valence-electron chi connectivity index (χ3n) is 4.17. The number of ether oxygens (including phenoxy) is 3. The van der Waals surface area contributed by atoms with Crippen molar-refractivity contribution in [2.45, 2.75) is 13.0 Å². The molecule has 0 aliphatic carbocycles. The number of likely N-dealkylation sites (N-methyl/N-ethyl adjacent to an activating group) is 1. The number of hydrogen-bond donors (Lipinski definition) is 0. The highest BCUT2D eigenvalue weighted by Gasteiger charge is 2.16. The molecular weight excluding hydrogens is 376 g/mol. The number of nitrogens with zero attached hydrogens (tertiary/aromatic N) is 2. The molecule has 0 fully saturated rings. The quantitative estimate of drug-likeness (QED) is 0.575. The minimum atomic E-state index is -0.0620. The Morgan fingerprint density at radius 2 is 1.82 bits per heavy atom. The molecule has 0 saturated carbocycles. The van der Waals surface area contributed by atoms with Crippen LogP contribution in [0.5, 0.6) is 17.2 Å². The summed E-state index contributed by atoms with van der Waals surface area (Å²) in [5.41, 5.74) is 1.46. The van der Waals surface area contributed by atoms with Gasteiger partial charge in [-0.25, -0.2) is 4.98 Å². The van der Waals surface area contributed by atoms with Crippen molar-refractivity contribution in [1.82, 2.24) is 4.98 Å². The fourth-order valence-electron chi connectivity index (χ4n) is 2.61. The van der Waals surface area contributed by atoms with Gasteiger partial charge < -0.3 is 19.1 Å². The lowest BCUT2D eigenvalue weighted by atomic mass is 10.2. The molecule has 146 valence electrons. The summed E-state index contributed by atoms with van der Waals surface area (Å²) in [7, 11) is 4.88. The Balaban J connectivity index is 1.60. The Kier molecular flexibility index (Phi) is 6.49. The Labute approximate surface area is 168 Å². The number of thiazole rings is 1. The molecule has 1 amide bonds. The fourth-order valence-corrected chi connectivity index (χ4v) is 3.31. The molecule has 3 aromatic rings. The van der Waals surface area contributed by atoms with Crippen molar-refractivity contribution in [3.8, 4) is 17.2 Å². The number of hydrogen-bond acceptors (Lipinski definition) is 6. The Morgan fingerprint density at radius 1 is 1.07 bits per heavy atom. The molecule has 1 aromatic heterocycles. The molecule has 6 nitrogen and oxygen atoms in total. The van der Waals surface area contributed by atoms with Crippen LogP contribution in [0.15, 0.2) is 53.9 Å². The molecule has 3 rings (SSSR count). The highest BCUT2D eigenvalue weighted by molar-refractivity contribution is 7.09. The summed E-state index contributed by atoms with van der Waals surface area (Å²) in [4.78, 5) is 18.7. The van der Waals surface area contributed by atoms with E-state index in [4.69, 9.17) is 14.2 Å². The predicted octanol–water partition coefficient (Wildman–Crippen LogP) is 3.94. The normalized spacial score (nSPS) is 10.4. The van der Waals surface area contributed by atoms with E-state index in [0.717, 1.165) is 22.1 Å². The van der Waals surface area contributed by atoms with Crippen molar-refractivity contribution in [1.29, 1.82) is 0 Å². The van der Waals surface area contributed by atoms with Crippen molar-refractivity contribution >= 4 is 22.9 Å². The summed E-state index contributed by atoms with van der Waals surface area (Å²) in [5, 5.41) is 2.73. The molecule has 0 bridgehead atoms. The van der Waals surface area contributed by atoms with Crippen LogP contribution in [-0.2, 0) is 17.8 Å². The third-order valence-corrected chi connectivity index (χ3v) is 5.04. The maximum absolute atomic E-state index is 12.6. The van der Waals surface area contributed by atoms with Gasteiger partial charge in [0.2, 0.25) is 5.91 Å². The van der Waals surface area contributed by atoms with Gasteiger partial charge in [-0.15, -0.1) is 11.3 Å². The van der Waals surface area contributed by atoms with E-state index in [2.05, 4.69) is 4.98 Å². The first kappa shape index (κ1) is 19.7. The van der Waals surface area contributed by atoms with E-state index >= 15 is 0 Å². The summed E-state index contributed by atoms with van der Waals surface area (Å²) >= 11 is 1.49. The number of amides is 1. The van der Waals surface area contributed by atoms with Gasteiger partial charge in [0.05, 0.1) is 26.3 Å². The number of benzene rings is 2. The number of rotatable bonds is 8. The minimum Gasteiger partial charge on any atom is -0.493 e. The minimum absolute atomic E-state index is 0.0620. The Morgan fingerprint density at radius 3 is 2.54 bits per heavy atom. The lowest BCUT2D eigenvalue weighted by Gasteiger charge is -2.18. The molecule has 0 radical (unpaired) electrons. The van der Waals surface area contributed by atoms with Crippen LogP contribution in [0.1, 0.15) is 10.7 Å². The van der Waals surface area contributed by atoms with Gasteiger partial charge in [-0.2, -0.15) is 0 Å². The van der Waals surface area contributed by atoms with Gasteiger partial charge in [-0.05, 0) is 24.3 Å². The highest BCUT2D eigenvalue weighted by atomic mass is 32.1. The maximum Gasteiger partial charge on any atom is 0.232 e. The molecule has 7 heteroatoms. The topological polar surface area (TPSA) is 60.9 Å². The van der Waals surface area contributed by atoms with Crippen LogP contribution >= 0.6 is 11.3 Å². The number of para-hydroxylation sites is 1. The molecule has 0 N–H and O–H groups in total. The SMILES string of the molecule is COc1ccc(N(C)C(=O)Cc2csc(COc3ccccc3)n2)cc1OC. The first-order valence-electron chi connectivity index (χ1n) is 8.70. The van der Waals surface area contributed by atoms with E-state index in [-0.39, 0.29) is 12.3 Å². The smallest absolute Gasteiger partial charge is 0.232 e. The van der Waals surface area contributed by atoms with Crippen LogP contribution in [0.3, 0.4) is 0 Å². The van der Waals surface area contributed by atoms with Gasteiger partial charge in [0.25, 0.3) is 0 Å². The average molecular weight is 398 g/mol. The first-order valence-corrected chi connectivity index (χ1v) is 9.58. The molecule has 1 heterocycles. The summed E-state index contributed by atoms with van der Waals surface area (Å²) in [6, 6.07) is 15.0. The maximum atomic E-state index is 12.6. The molecule has 0 unspecified atom stereocenters. The zero-order chi connectivity index (χ0) is 19.9. The van der Waals surface area contributed by atoms with Crippen molar-refractivity contribution in [2.24, 2.45) is 0 Å².